The van der Waals surface area contributed by atoms with Crippen molar-refractivity contribution in [2.45, 2.75) is 38.7 Å². The lowest BCUT2D eigenvalue weighted by molar-refractivity contribution is 0.0492. The van der Waals surface area contributed by atoms with Crippen molar-refractivity contribution in [2.24, 2.45) is 16.8 Å². The van der Waals surface area contributed by atoms with Crippen LogP contribution >= 0.6 is 0 Å². The molecule has 2 N–H and O–H groups in total. The van der Waals surface area contributed by atoms with Gasteiger partial charge in [-0.25, -0.2) is 14.8 Å². The SMILES string of the molecule is CC(C)(O)C1C=CC=C2Oc3ncccc3C(=CCCN3CCC(C4=NC(=O)NC4)CC3)C=C21. The van der Waals surface area contributed by atoms with Crippen LogP contribution in [-0.2, 0) is 0 Å². The van der Waals surface area contributed by atoms with Crippen LogP contribution in [0.1, 0.15) is 38.7 Å². The van der Waals surface area contributed by atoms with Crippen LogP contribution in [0, 0.1) is 11.8 Å². The lowest BCUT2D eigenvalue weighted by atomic mass is 9.80. The molecule has 1 atom stereocenters. The average molecular weight is 461 g/mol. The number of fused-ring (bicyclic) bond motifs is 2. The third-order valence-corrected chi connectivity index (χ3v) is 7.07. The molecular weight excluding hydrogens is 428 g/mol. The van der Waals surface area contributed by atoms with Crippen LogP contribution < -0.4 is 10.1 Å². The fraction of sp³-hybridized carbons (Fsp3) is 0.444. The summed E-state index contributed by atoms with van der Waals surface area (Å²) in [5.74, 6) is 1.59. The number of nitrogens with zero attached hydrogens (tertiary/aromatic N) is 3. The summed E-state index contributed by atoms with van der Waals surface area (Å²) in [5, 5.41) is 13.6. The minimum atomic E-state index is -0.908. The molecule has 0 aromatic carbocycles. The zero-order chi connectivity index (χ0) is 23.7. The number of aliphatic imine (C=N–C) groups is 1. The van der Waals surface area contributed by atoms with E-state index in [-0.39, 0.29) is 11.9 Å². The molecular formula is C27H32N4O3. The topological polar surface area (TPSA) is 87.1 Å². The van der Waals surface area contributed by atoms with Gasteiger partial charge in [-0.15, -0.1) is 0 Å². The van der Waals surface area contributed by atoms with Gasteiger partial charge in [0.25, 0.3) is 0 Å². The van der Waals surface area contributed by atoms with Gasteiger partial charge in [-0.2, -0.15) is 0 Å². The fourth-order valence-electron chi connectivity index (χ4n) is 5.19. The molecule has 1 aliphatic carbocycles. The molecule has 4 heterocycles. The van der Waals surface area contributed by atoms with Gasteiger partial charge in [0.2, 0.25) is 5.88 Å². The number of urea groups is 1. The lowest BCUT2D eigenvalue weighted by Gasteiger charge is -2.31. The Balaban J connectivity index is 1.31. The summed E-state index contributed by atoms with van der Waals surface area (Å²) in [4.78, 5) is 22.5. The molecule has 1 unspecified atom stereocenters. The molecule has 178 valence electrons. The number of pyridine rings is 1. The normalized spacial score (nSPS) is 24.4. The molecule has 7 nitrogen and oxygen atoms in total. The van der Waals surface area contributed by atoms with Crippen LogP contribution in [0.15, 0.2) is 65.0 Å². The summed E-state index contributed by atoms with van der Waals surface area (Å²) in [7, 11) is 0. The third-order valence-electron chi connectivity index (χ3n) is 7.07. The zero-order valence-electron chi connectivity index (χ0n) is 19.8. The molecule has 0 saturated carbocycles. The van der Waals surface area contributed by atoms with Crippen molar-refractivity contribution in [1.29, 1.82) is 0 Å². The van der Waals surface area contributed by atoms with Gasteiger partial charge in [0.15, 0.2) is 0 Å². The zero-order valence-corrected chi connectivity index (χ0v) is 19.8. The Morgan fingerprint density at radius 3 is 2.88 bits per heavy atom. The number of hydrogen-bond acceptors (Lipinski definition) is 5. The number of aromatic nitrogens is 1. The van der Waals surface area contributed by atoms with Gasteiger partial charge in [-0.05, 0) is 76.1 Å². The number of allylic oxidation sites excluding steroid dienone is 5. The van der Waals surface area contributed by atoms with Gasteiger partial charge >= 0.3 is 6.03 Å². The number of likely N-dealkylation sites (tertiary alicyclic amines) is 1. The summed E-state index contributed by atoms with van der Waals surface area (Å²) in [6, 6.07) is 3.78. The molecule has 1 fully saturated rings. The molecule has 1 aromatic heterocycles. The molecule has 2 amide bonds. The van der Waals surface area contributed by atoms with Crippen molar-refractivity contribution in [3.8, 4) is 5.88 Å². The van der Waals surface area contributed by atoms with Crippen LogP contribution in [0.4, 0.5) is 4.79 Å². The standard InChI is InChI=1S/C27H32N4O3/c1-27(2,33)22-8-3-9-24-21(22)16-19(20-7-4-12-28-25(20)34-24)6-5-13-31-14-10-18(11-15-31)23-17-29-26(32)30-23/h3-4,6-9,12,16,18,22,33H,5,10-11,13-15,17H2,1-2H3,(H,29,32). The predicted molar refractivity (Wildman–Crippen MR) is 133 cm³/mol. The van der Waals surface area contributed by atoms with Gasteiger partial charge < -0.3 is 20.1 Å². The predicted octanol–water partition coefficient (Wildman–Crippen LogP) is 3.89. The summed E-state index contributed by atoms with van der Waals surface area (Å²) in [6.07, 6.45) is 15.1. The Hall–Kier alpha value is -3.03. The van der Waals surface area contributed by atoms with E-state index in [9.17, 15) is 9.90 Å². The highest BCUT2D eigenvalue weighted by atomic mass is 16.5. The third kappa shape index (κ3) is 4.76. The van der Waals surface area contributed by atoms with Crippen LogP contribution in [0.2, 0.25) is 0 Å². The largest absolute Gasteiger partial charge is 0.438 e. The molecule has 0 spiro atoms. The monoisotopic (exact) mass is 460 g/mol. The number of amides is 2. The maximum absolute atomic E-state index is 11.4. The van der Waals surface area contributed by atoms with Crippen molar-refractivity contribution in [1.82, 2.24) is 15.2 Å². The van der Waals surface area contributed by atoms with E-state index in [1.54, 1.807) is 6.20 Å². The molecule has 4 aliphatic rings. The highest BCUT2D eigenvalue weighted by Gasteiger charge is 2.34. The van der Waals surface area contributed by atoms with Gasteiger partial charge in [0.1, 0.15) is 5.76 Å². The molecule has 0 radical (unpaired) electrons. The number of aliphatic hydroxyl groups is 1. The number of ether oxygens (including phenoxy) is 1. The van der Waals surface area contributed by atoms with E-state index in [4.69, 9.17) is 4.74 Å². The van der Waals surface area contributed by atoms with E-state index < -0.39 is 5.60 Å². The number of rotatable bonds is 5. The van der Waals surface area contributed by atoms with Gasteiger partial charge in [-0.3, -0.25) is 0 Å². The number of piperidine rings is 1. The minimum absolute atomic E-state index is 0.163. The van der Waals surface area contributed by atoms with E-state index in [1.807, 2.05) is 44.2 Å². The fourth-order valence-corrected chi connectivity index (χ4v) is 5.19. The van der Waals surface area contributed by atoms with Gasteiger partial charge in [0.05, 0.1) is 12.1 Å². The lowest BCUT2D eigenvalue weighted by Crippen LogP contribution is -2.37. The average Bonchev–Trinajstić information content (AvgIpc) is 3.18. The Labute approximate surface area is 200 Å². The smallest absolute Gasteiger partial charge is 0.341 e. The first kappa shape index (κ1) is 22.7. The van der Waals surface area contributed by atoms with E-state index in [1.165, 1.54) is 0 Å². The van der Waals surface area contributed by atoms with E-state index in [0.717, 1.165) is 67.1 Å². The molecule has 34 heavy (non-hydrogen) atoms. The molecule has 1 aromatic rings. The van der Waals surface area contributed by atoms with Gasteiger partial charge in [0, 0.05) is 41.4 Å². The van der Waals surface area contributed by atoms with Crippen molar-refractivity contribution >= 4 is 17.3 Å². The van der Waals surface area contributed by atoms with Crippen LogP contribution in [-0.4, -0.2) is 58.5 Å². The summed E-state index contributed by atoms with van der Waals surface area (Å²) >= 11 is 0. The summed E-state index contributed by atoms with van der Waals surface area (Å²) < 4.78 is 6.21. The van der Waals surface area contributed by atoms with Crippen molar-refractivity contribution in [3.63, 3.8) is 0 Å². The highest BCUT2D eigenvalue weighted by molar-refractivity contribution is 6.03. The highest BCUT2D eigenvalue weighted by Crippen LogP contribution is 2.41. The first-order chi connectivity index (χ1) is 16.4. The Kier molecular flexibility index (Phi) is 6.23. The molecule has 5 rings (SSSR count). The minimum Gasteiger partial charge on any atom is -0.438 e. The second-order valence-electron chi connectivity index (χ2n) is 9.93. The van der Waals surface area contributed by atoms with Crippen LogP contribution in [0.5, 0.6) is 5.88 Å². The molecule has 7 heteroatoms. The first-order valence-electron chi connectivity index (χ1n) is 12.1. The van der Waals surface area contributed by atoms with Gasteiger partial charge in [-0.1, -0.05) is 18.2 Å². The number of nitrogens with one attached hydrogen (secondary N) is 1. The number of carbonyl (C=O) groups is 1. The second-order valence-corrected chi connectivity index (χ2v) is 9.93. The van der Waals surface area contributed by atoms with E-state index >= 15 is 0 Å². The first-order valence-corrected chi connectivity index (χ1v) is 12.1. The van der Waals surface area contributed by atoms with Crippen molar-refractivity contribution in [2.75, 3.05) is 26.2 Å². The second kappa shape index (κ2) is 9.31. The van der Waals surface area contributed by atoms with Crippen LogP contribution in [0.25, 0.3) is 5.57 Å². The quantitative estimate of drug-likeness (QED) is 0.696. The van der Waals surface area contributed by atoms with E-state index in [0.29, 0.717) is 18.3 Å². The number of carbonyl (C=O) groups excluding carboxylic acids is 1. The number of hydrogen-bond donors (Lipinski definition) is 2. The van der Waals surface area contributed by atoms with Crippen molar-refractivity contribution in [3.05, 3.63) is 65.6 Å². The summed E-state index contributed by atoms with van der Waals surface area (Å²) in [5.41, 5.74) is 3.13. The molecule has 0 bridgehead atoms. The molecule has 3 aliphatic heterocycles. The van der Waals surface area contributed by atoms with Crippen LogP contribution in [0.3, 0.4) is 0 Å². The molecule has 1 saturated heterocycles. The Bertz CT molecular complexity index is 1110. The Morgan fingerprint density at radius 1 is 1.32 bits per heavy atom. The maximum Gasteiger partial charge on any atom is 0.341 e. The maximum atomic E-state index is 11.4. The summed E-state index contributed by atoms with van der Waals surface area (Å²) in [6.45, 7) is 7.27. The van der Waals surface area contributed by atoms with E-state index in [2.05, 4.69) is 32.3 Å². The van der Waals surface area contributed by atoms with Crippen molar-refractivity contribution < 1.29 is 14.6 Å². The Morgan fingerprint density at radius 2 is 2.15 bits per heavy atom.